The molecule has 0 aliphatic carbocycles. The van der Waals surface area contributed by atoms with Crippen LogP contribution < -0.4 is 0 Å². The van der Waals surface area contributed by atoms with E-state index in [9.17, 15) is 14.7 Å². The van der Waals surface area contributed by atoms with Gasteiger partial charge in [-0.1, -0.05) is 6.07 Å². The molecule has 1 aromatic carbocycles. The number of nitrogens with zero attached hydrogens (tertiary/aromatic N) is 1. The molecule has 0 spiro atoms. The highest BCUT2D eigenvalue weighted by Gasteiger charge is 2.22. The number of rotatable bonds is 2. The van der Waals surface area contributed by atoms with Crippen molar-refractivity contribution in [3.8, 4) is 5.75 Å². The van der Waals surface area contributed by atoms with Gasteiger partial charge in [0, 0.05) is 25.8 Å². The molecule has 0 unspecified atom stereocenters. The lowest BCUT2D eigenvalue weighted by Crippen LogP contribution is -2.29. The predicted molar refractivity (Wildman–Crippen MR) is 63.0 cm³/mol. The number of ketones is 1. The highest BCUT2D eigenvalue weighted by atomic mass is 16.3. The fourth-order valence-electron chi connectivity index (χ4n) is 1.66. The summed E-state index contributed by atoms with van der Waals surface area (Å²) in [5.74, 6) is -1.27. The van der Waals surface area contributed by atoms with Crippen molar-refractivity contribution < 1.29 is 14.7 Å². The molecule has 1 aromatic heterocycles. The molecule has 1 heterocycles. The first-order valence-corrected chi connectivity index (χ1v) is 5.07. The van der Waals surface area contributed by atoms with Crippen molar-refractivity contribution in [1.29, 1.82) is 0 Å². The normalized spacial score (nSPS) is 10.5. The number of H-pyrrole nitrogens is 1. The van der Waals surface area contributed by atoms with Crippen LogP contribution in [-0.2, 0) is 4.79 Å². The van der Waals surface area contributed by atoms with Crippen LogP contribution in [0.2, 0.25) is 0 Å². The molecule has 0 saturated heterocycles. The number of aromatic nitrogens is 1. The number of phenols is 1. The van der Waals surface area contributed by atoms with E-state index >= 15 is 0 Å². The average Bonchev–Trinajstić information content (AvgIpc) is 2.72. The van der Waals surface area contributed by atoms with E-state index in [4.69, 9.17) is 0 Å². The Kier molecular flexibility index (Phi) is 2.59. The molecule has 0 aliphatic rings. The van der Waals surface area contributed by atoms with Gasteiger partial charge in [0.15, 0.2) is 0 Å². The molecule has 0 radical (unpaired) electrons. The Balaban J connectivity index is 2.57. The summed E-state index contributed by atoms with van der Waals surface area (Å²) in [5, 5.41) is 10.1. The van der Waals surface area contributed by atoms with E-state index in [0.717, 1.165) is 0 Å². The molecule has 1 amide bonds. The summed E-state index contributed by atoms with van der Waals surface area (Å²) >= 11 is 0. The zero-order valence-electron chi connectivity index (χ0n) is 9.52. The van der Waals surface area contributed by atoms with Crippen molar-refractivity contribution in [1.82, 2.24) is 9.88 Å². The third-order valence-corrected chi connectivity index (χ3v) is 2.53. The number of benzene rings is 1. The zero-order valence-corrected chi connectivity index (χ0v) is 9.52. The van der Waals surface area contributed by atoms with Crippen molar-refractivity contribution in [2.24, 2.45) is 0 Å². The first kappa shape index (κ1) is 11.2. The molecule has 0 aliphatic heterocycles. The van der Waals surface area contributed by atoms with Gasteiger partial charge in [0.25, 0.3) is 11.7 Å². The predicted octanol–water partition coefficient (Wildman–Crippen LogP) is 1.14. The topological polar surface area (TPSA) is 73.4 Å². The molecule has 0 fully saturated rings. The van der Waals surface area contributed by atoms with E-state index in [2.05, 4.69) is 4.98 Å². The smallest absolute Gasteiger partial charge is 0.294 e. The maximum absolute atomic E-state index is 11.9. The van der Waals surface area contributed by atoms with Crippen LogP contribution in [0, 0.1) is 0 Å². The quantitative estimate of drug-likeness (QED) is 0.602. The Labute approximate surface area is 97.7 Å². The van der Waals surface area contributed by atoms with Crippen LogP contribution in [0.1, 0.15) is 10.4 Å². The second-order valence-corrected chi connectivity index (χ2v) is 3.93. The Morgan fingerprint density at radius 2 is 2.00 bits per heavy atom. The van der Waals surface area contributed by atoms with Crippen molar-refractivity contribution in [3.63, 3.8) is 0 Å². The first-order chi connectivity index (χ1) is 8.02. The number of aromatic amines is 1. The number of Topliss-reactive ketones (excluding diaryl/α,β-unsaturated/α-hetero) is 1. The average molecular weight is 232 g/mol. The van der Waals surface area contributed by atoms with Gasteiger partial charge in [-0.15, -0.1) is 0 Å². The molecular formula is C12H12N2O3. The van der Waals surface area contributed by atoms with Gasteiger partial charge in [0.1, 0.15) is 5.75 Å². The van der Waals surface area contributed by atoms with Gasteiger partial charge in [-0.3, -0.25) is 9.59 Å². The Morgan fingerprint density at radius 3 is 2.65 bits per heavy atom. The van der Waals surface area contributed by atoms with E-state index in [1.807, 2.05) is 0 Å². The van der Waals surface area contributed by atoms with Gasteiger partial charge in [0.2, 0.25) is 0 Å². The molecule has 2 rings (SSSR count). The van der Waals surface area contributed by atoms with Crippen LogP contribution in [0.4, 0.5) is 0 Å². The summed E-state index contributed by atoms with van der Waals surface area (Å²) in [6, 6.07) is 4.87. The van der Waals surface area contributed by atoms with Crippen molar-refractivity contribution in [2.45, 2.75) is 0 Å². The van der Waals surface area contributed by atoms with Gasteiger partial charge in [0.05, 0.1) is 10.9 Å². The van der Waals surface area contributed by atoms with E-state index < -0.39 is 11.7 Å². The fourth-order valence-corrected chi connectivity index (χ4v) is 1.66. The minimum Gasteiger partial charge on any atom is -0.507 e. The molecule has 2 N–H and O–H groups in total. The summed E-state index contributed by atoms with van der Waals surface area (Å²) in [7, 11) is 3.02. The molecule has 5 nitrogen and oxygen atoms in total. The van der Waals surface area contributed by atoms with Crippen LogP contribution in [0.15, 0.2) is 24.4 Å². The number of fused-ring (bicyclic) bond motifs is 1. The number of hydrogen-bond acceptors (Lipinski definition) is 3. The summed E-state index contributed by atoms with van der Waals surface area (Å²) in [5.41, 5.74) is 0.816. The molecular weight excluding hydrogens is 220 g/mol. The molecule has 17 heavy (non-hydrogen) atoms. The first-order valence-electron chi connectivity index (χ1n) is 5.07. The van der Waals surface area contributed by atoms with Gasteiger partial charge in [-0.2, -0.15) is 0 Å². The minimum absolute atomic E-state index is 0.0151. The summed E-state index contributed by atoms with van der Waals surface area (Å²) in [6.45, 7) is 0. The van der Waals surface area contributed by atoms with Gasteiger partial charge < -0.3 is 15.0 Å². The van der Waals surface area contributed by atoms with Gasteiger partial charge in [-0.05, 0) is 12.1 Å². The standard InChI is InChI=1S/C12H12N2O3/c1-14(2)12(17)11(16)7-6-13-8-4-3-5-9(15)10(7)8/h3-6,13,15H,1-2H3. The van der Waals surface area contributed by atoms with E-state index in [1.165, 1.54) is 31.3 Å². The summed E-state index contributed by atoms with van der Waals surface area (Å²) in [4.78, 5) is 27.5. The van der Waals surface area contributed by atoms with Crippen LogP contribution in [0.3, 0.4) is 0 Å². The molecule has 88 valence electrons. The number of aromatic hydroxyl groups is 1. The molecule has 5 heteroatoms. The molecule has 2 aromatic rings. The number of phenolic OH excluding ortho intramolecular Hbond substituents is 1. The van der Waals surface area contributed by atoms with Crippen LogP contribution in [0.5, 0.6) is 5.75 Å². The van der Waals surface area contributed by atoms with Crippen LogP contribution >= 0.6 is 0 Å². The lowest BCUT2D eigenvalue weighted by molar-refractivity contribution is -0.124. The van der Waals surface area contributed by atoms with Gasteiger partial charge in [-0.25, -0.2) is 0 Å². The van der Waals surface area contributed by atoms with Crippen molar-refractivity contribution >= 4 is 22.6 Å². The number of amides is 1. The van der Waals surface area contributed by atoms with E-state index in [0.29, 0.717) is 10.9 Å². The Hall–Kier alpha value is -2.30. The van der Waals surface area contributed by atoms with Crippen molar-refractivity contribution in [3.05, 3.63) is 30.0 Å². The SMILES string of the molecule is CN(C)C(=O)C(=O)c1c[nH]c2cccc(O)c12. The third-order valence-electron chi connectivity index (χ3n) is 2.53. The maximum Gasteiger partial charge on any atom is 0.294 e. The lowest BCUT2D eigenvalue weighted by Gasteiger charge is -2.08. The second kappa shape index (κ2) is 3.93. The highest BCUT2D eigenvalue weighted by Crippen LogP contribution is 2.27. The van der Waals surface area contributed by atoms with E-state index in [1.54, 1.807) is 12.1 Å². The molecule has 0 saturated carbocycles. The van der Waals surface area contributed by atoms with Crippen LogP contribution in [-0.4, -0.2) is 40.8 Å². The molecule has 0 atom stereocenters. The number of carbonyl (C=O) groups excluding carboxylic acids is 2. The van der Waals surface area contributed by atoms with Crippen molar-refractivity contribution in [2.75, 3.05) is 14.1 Å². The highest BCUT2D eigenvalue weighted by molar-refractivity contribution is 6.45. The zero-order chi connectivity index (χ0) is 12.6. The van der Waals surface area contributed by atoms with E-state index in [-0.39, 0.29) is 11.3 Å². The van der Waals surface area contributed by atoms with Crippen LogP contribution in [0.25, 0.3) is 10.9 Å². The number of likely N-dealkylation sites (N-methyl/N-ethyl adjacent to an activating group) is 1. The molecule has 0 bridgehead atoms. The minimum atomic E-state index is -0.636. The number of nitrogens with one attached hydrogen (secondary N) is 1. The Morgan fingerprint density at radius 1 is 1.29 bits per heavy atom. The summed E-state index contributed by atoms with van der Waals surface area (Å²) < 4.78 is 0. The summed E-state index contributed by atoms with van der Waals surface area (Å²) in [6.07, 6.45) is 1.44. The monoisotopic (exact) mass is 232 g/mol. The van der Waals surface area contributed by atoms with Gasteiger partial charge >= 0.3 is 0 Å². The Bertz CT molecular complexity index is 599. The number of carbonyl (C=O) groups is 2. The lowest BCUT2D eigenvalue weighted by atomic mass is 10.1. The second-order valence-electron chi connectivity index (χ2n) is 3.93. The fraction of sp³-hybridized carbons (Fsp3) is 0.167. The maximum atomic E-state index is 11.9. The largest absolute Gasteiger partial charge is 0.507 e. The third kappa shape index (κ3) is 1.75. The number of hydrogen-bond donors (Lipinski definition) is 2.